The van der Waals surface area contributed by atoms with E-state index in [4.69, 9.17) is 9.47 Å². The van der Waals surface area contributed by atoms with Crippen LogP contribution in [0.2, 0.25) is 0 Å². The van der Waals surface area contributed by atoms with Gasteiger partial charge in [-0.2, -0.15) is 0 Å². The fourth-order valence-electron chi connectivity index (χ4n) is 4.54. The van der Waals surface area contributed by atoms with Crippen LogP contribution in [0.3, 0.4) is 0 Å². The number of carbonyl (C=O) groups excluding carboxylic acids is 2. The summed E-state index contributed by atoms with van der Waals surface area (Å²) in [6.07, 6.45) is 3.78. The van der Waals surface area contributed by atoms with Gasteiger partial charge in [-0.3, -0.25) is 9.59 Å². The Morgan fingerprint density at radius 1 is 1.03 bits per heavy atom. The summed E-state index contributed by atoms with van der Waals surface area (Å²) in [6.45, 7) is 2.24. The third kappa shape index (κ3) is 5.83. The maximum absolute atomic E-state index is 13.4. The summed E-state index contributed by atoms with van der Waals surface area (Å²) >= 11 is 0.0970. The molecule has 1 aliphatic carbocycles. The topological polar surface area (TPSA) is 103 Å². The predicted molar refractivity (Wildman–Crippen MR) is 145 cm³/mol. The van der Waals surface area contributed by atoms with Gasteiger partial charge in [-0.15, -0.1) is 15.6 Å². The first kappa shape index (κ1) is 25.7. The fraction of sp³-hybridized carbons (Fsp3) is 0.333. The van der Waals surface area contributed by atoms with E-state index in [9.17, 15) is 14.1 Å². The number of carbonyl (C=O) groups is 2. The van der Waals surface area contributed by atoms with Gasteiger partial charge in [0.15, 0.2) is 4.90 Å². The Hall–Kier alpha value is -2.89. The predicted octanol–water partition coefficient (Wildman–Crippen LogP) is 4.49. The summed E-state index contributed by atoms with van der Waals surface area (Å²) in [5, 5.41) is 6.49. The molecular formula is C27H29N3O5S2. The van der Waals surface area contributed by atoms with Crippen molar-refractivity contribution in [1.29, 1.82) is 0 Å². The minimum Gasteiger partial charge on any atom is -0.593 e. The summed E-state index contributed by atoms with van der Waals surface area (Å²) in [7, 11) is 1.59. The number of nitrogens with zero attached hydrogens (tertiary/aromatic N) is 1. The number of hydrogen-bond acceptors (Lipinski definition) is 7. The van der Waals surface area contributed by atoms with E-state index in [1.165, 1.54) is 11.3 Å². The molecule has 1 fully saturated rings. The van der Waals surface area contributed by atoms with Crippen LogP contribution in [-0.4, -0.2) is 54.1 Å². The maximum Gasteiger partial charge on any atom is 0.258 e. The number of nitrogens with one attached hydrogen (secondary N) is 2. The molecule has 1 aromatic heterocycles. The highest BCUT2D eigenvalue weighted by Gasteiger charge is 2.28. The van der Waals surface area contributed by atoms with Crippen LogP contribution in [0, 0.1) is 0 Å². The van der Waals surface area contributed by atoms with Crippen LogP contribution in [-0.2, 0) is 28.9 Å². The van der Waals surface area contributed by atoms with Crippen LogP contribution in [0.1, 0.15) is 44.0 Å². The fourth-order valence-corrected chi connectivity index (χ4v) is 7.03. The van der Waals surface area contributed by atoms with Crippen molar-refractivity contribution in [3.05, 3.63) is 70.1 Å². The van der Waals surface area contributed by atoms with Gasteiger partial charge in [0.2, 0.25) is 0 Å². The lowest BCUT2D eigenvalue weighted by molar-refractivity contribution is 0.0730. The van der Waals surface area contributed by atoms with Gasteiger partial charge < -0.3 is 24.7 Å². The van der Waals surface area contributed by atoms with Crippen LogP contribution < -0.4 is 15.4 Å². The number of benzene rings is 2. The Kier molecular flexibility index (Phi) is 8.11. The monoisotopic (exact) mass is 539 g/mol. The van der Waals surface area contributed by atoms with Crippen molar-refractivity contribution in [2.24, 2.45) is 0 Å². The first-order valence-corrected chi connectivity index (χ1v) is 14.2. The SMILES string of the molecule is COc1ccc(NC(=O)c2c(NC(=O)c3cccc([S+]([O-])N4CCOCC4)c3)sc3c2CCCC3)cc1. The number of hydrogen-bond donors (Lipinski definition) is 2. The Morgan fingerprint density at radius 3 is 2.54 bits per heavy atom. The Bertz CT molecular complexity index is 1270. The second-order valence-electron chi connectivity index (χ2n) is 8.87. The molecular weight excluding hydrogens is 510 g/mol. The van der Waals surface area contributed by atoms with Crippen molar-refractivity contribution in [1.82, 2.24) is 4.31 Å². The summed E-state index contributed by atoms with van der Waals surface area (Å²) in [6, 6.07) is 14.0. The molecule has 37 heavy (non-hydrogen) atoms. The number of methoxy groups -OCH3 is 1. The normalized spacial score (nSPS) is 16.5. The number of ether oxygens (including phenoxy) is 2. The zero-order chi connectivity index (χ0) is 25.8. The van der Waals surface area contributed by atoms with Gasteiger partial charge in [-0.05, 0) is 67.6 Å². The van der Waals surface area contributed by atoms with Crippen molar-refractivity contribution in [2.45, 2.75) is 30.6 Å². The van der Waals surface area contributed by atoms with Crippen molar-refractivity contribution in [2.75, 3.05) is 44.0 Å². The lowest BCUT2D eigenvalue weighted by Gasteiger charge is -2.27. The Labute approximate surface area is 223 Å². The van der Waals surface area contributed by atoms with E-state index in [0.29, 0.717) is 58.8 Å². The quantitative estimate of drug-likeness (QED) is 0.429. The van der Waals surface area contributed by atoms with E-state index >= 15 is 0 Å². The minimum atomic E-state index is -1.37. The van der Waals surface area contributed by atoms with Gasteiger partial charge in [-0.25, -0.2) is 0 Å². The van der Waals surface area contributed by atoms with Crippen LogP contribution in [0.5, 0.6) is 5.75 Å². The molecule has 2 heterocycles. The van der Waals surface area contributed by atoms with Gasteiger partial charge in [0, 0.05) is 22.2 Å². The highest BCUT2D eigenvalue weighted by Crippen LogP contribution is 2.39. The standard InChI is InChI=1S/C27H29N3O5S2/c1-34-20-11-9-19(10-12-20)28-26(32)24-22-7-2-3-8-23(22)36-27(24)29-25(31)18-5-4-6-21(17-18)37(33)30-13-15-35-16-14-30/h4-6,9-12,17H,2-3,7-8,13-16H2,1H3,(H,28,32)(H,29,31). The molecule has 5 rings (SSSR count). The molecule has 194 valence electrons. The highest BCUT2D eigenvalue weighted by atomic mass is 32.2. The highest BCUT2D eigenvalue weighted by molar-refractivity contribution is 7.89. The second kappa shape index (κ2) is 11.7. The summed E-state index contributed by atoms with van der Waals surface area (Å²) < 4.78 is 25.4. The van der Waals surface area contributed by atoms with Crippen molar-refractivity contribution >= 4 is 45.2 Å². The van der Waals surface area contributed by atoms with Crippen molar-refractivity contribution in [3.63, 3.8) is 0 Å². The van der Waals surface area contributed by atoms with Crippen molar-refractivity contribution in [3.8, 4) is 5.75 Å². The summed E-state index contributed by atoms with van der Waals surface area (Å²) in [5.41, 5.74) is 2.58. The lowest BCUT2D eigenvalue weighted by Crippen LogP contribution is -2.40. The first-order chi connectivity index (χ1) is 18.0. The molecule has 8 nitrogen and oxygen atoms in total. The molecule has 0 radical (unpaired) electrons. The zero-order valence-electron chi connectivity index (χ0n) is 20.6. The number of morpholine rings is 1. The maximum atomic E-state index is 13.4. The molecule has 2 aliphatic rings. The number of rotatable bonds is 7. The van der Waals surface area contributed by atoms with Gasteiger partial charge in [0.05, 0.1) is 50.3 Å². The number of thiophene rings is 1. The van der Waals surface area contributed by atoms with Crippen LogP contribution in [0.15, 0.2) is 53.4 Å². The Balaban J connectivity index is 1.37. The molecule has 1 atom stereocenters. The molecule has 2 aromatic carbocycles. The summed E-state index contributed by atoms with van der Waals surface area (Å²) in [5.74, 6) is 0.121. The third-order valence-electron chi connectivity index (χ3n) is 6.48. The number of amides is 2. The van der Waals surface area contributed by atoms with Crippen LogP contribution in [0.4, 0.5) is 10.7 Å². The van der Waals surface area contributed by atoms with E-state index in [2.05, 4.69) is 10.6 Å². The third-order valence-corrected chi connectivity index (χ3v) is 9.17. The zero-order valence-corrected chi connectivity index (χ0v) is 22.2. The first-order valence-electron chi connectivity index (χ1n) is 12.3. The van der Waals surface area contributed by atoms with Gasteiger partial charge in [0.25, 0.3) is 11.8 Å². The molecule has 1 saturated heterocycles. The smallest absolute Gasteiger partial charge is 0.258 e. The molecule has 3 aromatic rings. The molecule has 10 heteroatoms. The number of aryl methyl sites for hydroxylation is 1. The van der Waals surface area contributed by atoms with E-state index < -0.39 is 11.4 Å². The molecule has 0 bridgehead atoms. The van der Waals surface area contributed by atoms with E-state index in [1.54, 1.807) is 55.6 Å². The molecule has 1 aliphatic heterocycles. The van der Waals surface area contributed by atoms with Crippen molar-refractivity contribution < 1.29 is 23.6 Å². The average molecular weight is 540 g/mol. The molecule has 0 saturated carbocycles. The number of anilines is 2. The van der Waals surface area contributed by atoms with Gasteiger partial charge in [-0.1, -0.05) is 6.07 Å². The van der Waals surface area contributed by atoms with Gasteiger partial charge >= 0.3 is 0 Å². The van der Waals surface area contributed by atoms with E-state index in [-0.39, 0.29) is 11.8 Å². The lowest BCUT2D eigenvalue weighted by atomic mass is 9.95. The minimum absolute atomic E-state index is 0.248. The molecule has 0 spiro atoms. The van der Waals surface area contributed by atoms with E-state index in [0.717, 1.165) is 36.1 Å². The molecule has 2 N–H and O–H groups in total. The molecule has 2 amide bonds. The number of fused-ring (bicyclic) bond motifs is 1. The van der Waals surface area contributed by atoms with Gasteiger partial charge in [0.1, 0.15) is 10.8 Å². The average Bonchev–Trinajstić information content (AvgIpc) is 3.31. The summed E-state index contributed by atoms with van der Waals surface area (Å²) in [4.78, 5) is 28.4. The largest absolute Gasteiger partial charge is 0.593 e. The van der Waals surface area contributed by atoms with Crippen LogP contribution in [0.25, 0.3) is 0 Å². The Morgan fingerprint density at radius 2 is 1.78 bits per heavy atom. The second-order valence-corrected chi connectivity index (χ2v) is 11.5. The van der Waals surface area contributed by atoms with E-state index in [1.807, 2.05) is 4.31 Å². The molecule has 1 unspecified atom stereocenters. The van der Waals surface area contributed by atoms with Crippen LogP contribution >= 0.6 is 11.3 Å².